The fourth-order valence-electron chi connectivity index (χ4n) is 3.65. The van der Waals surface area contributed by atoms with E-state index in [1.54, 1.807) is 15.9 Å². The largest absolute Gasteiger partial charge is 0.323 e. The Bertz CT molecular complexity index is 1070. The van der Waals surface area contributed by atoms with Crippen molar-refractivity contribution in [2.45, 2.75) is 53.1 Å². The van der Waals surface area contributed by atoms with Crippen molar-refractivity contribution in [1.82, 2.24) is 19.3 Å². The van der Waals surface area contributed by atoms with E-state index in [0.717, 1.165) is 47.3 Å². The standard InChI is InChI=1S/C18H22N4OS2/c1-4-21-8-12(11(3)20-21)9-22-17(23)15-13-6-5-10(2)7-14(13)25-16(15)19-18(22)24/h8,10H,4-7,9H2,1-3H3,(H,19,24). The Balaban J connectivity index is 1.86. The molecule has 5 nitrogen and oxygen atoms in total. The van der Waals surface area contributed by atoms with Gasteiger partial charge in [0.2, 0.25) is 0 Å². The van der Waals surface area contributed by atoms with Gasteiger partial charge < -0.3 is 4.98 Å². The smallest absolute Gasteiger partial charge is 0.263 e. The lowest BCUT2D eigenvalue weighted by Crippen LogP contribution is -2.23. The normalized spacial score (nSPS) is 17.2. The summed E-state index contributed by atoms with van der Waals surface area (Å²) < 4.78 is 4.08. The van der Waals surface area contributed by atoms with E-state index in [1.165, 1.54) is 10.4 Å². The molecule has 0 saturated carbocycles. The molecule has 0 amide bonds. The minimum atomic E-state index is 0.0365. The third kappa shape index (κ3) is 2.79. The van der Waals surface area contributed by atoms with Crippen LogP contribution in [0.4, 0.5) is 0 Å². The number of H-pyrrole nitrogens is 1. The zero-order chi connectivity index (χ0) is 17.7. The van der Waals surface area contributed by atoms with Crippen LogP contribution in [-0.4, -0.2) is 19.3 Å². The predicted molar refractivity (Wildman–Crippen MR) is 104 cm³/mol. The molecule has 0 fully saturated rings. The van der Waals surface area contributed by atoms with Crippen LogP contribution in [0, 0.1) is 17.6 Å². The van der Waals surface area contributed by atoms with Crippen LogP contribution in [-0.2, 0) is 25.9 Å². The lowest BCUT2D eigenvalue weighted by molar-refractivity contribution is 0.509. The number of fused-ring (bicyclic) bond motifs is 3. The number of aromatic nitrogens is 4. The quantitative estimate of drug-likeness (QED) is 0.709. The molecule has 0 radical (unpaired) electrons. The molecule has 25 heavy (non-hydrogen) atoms. The predicted octanol–water partition coefficient (Wildman–Crippen LogP) is 3.82. The fourth-order valence-corrected chi connectivity index (χ4v) is 5.36. The van der Waals surface area contributed by atoms with Crippen LogP contribution in [0.2, 0.25) is 0 Å². The number of nitrogens with one attached hydrogen (secondary N) is 1. The summed E-state index contributed by atoms with van der Waals surface area (Å²) in [6.07, 6.45) is 5.21. The van der Waals surface area contributed by atoms with Gasteiger partial charge in [-0.05, 0) is 56.8 Å². The van der Waals surface area contributed by atoms with Crippen LogP contribution in [0.1, 0.15) is 42.0 Å². The van der Waals surface area contributed by atoms with Gasteiger partial charge in [0, 0.05) is 23.2 Å². The second kappa shape index (κ2) is 6.21. The second-order valence-electron chi connectivity index (χ2n) is 6.97. The summed E-state index contributed by atoms with van der Waals surface area (Å²) >= 11 is 7.20. The third-order valence-corrected chi connectivity index (χ3v) is 6.63. The number of hydrogen-bond acceptors (Lipinski definition) is 4. The Hall–Kier alpha value is -1.73. The lowest BCUT2D eigenvalue weighted by Gasteiger charge is -2.17. The molecule has 0 aromatic carbocycles. The molecule has 3 aromatic heterocycles. The topological polar surface area (TPSA) is 55.6 Å². The summed E-state index contributed by atoms with van der Waals surface area (Å²) in [7, 11) is 0. The Morgan fingerprint density at radius 3 is 3.00 bits per heavy atom. The van der Waals surface area contributed by atoms with Crippen molar-refractivity contribution in [1.29, 1.82) is 0 Å². The van der Waals surface area contributed by atoms with Gasteiger partial charge >= 0.3 is 0 Å². The van der Waals surface area contributed by atoms with Gasteiger partial charge in [0.1, 0.15) is 4.83 Å². The van der Waals surface area contributed by atoms with E-state index in [-0.39, 0.29) is 5.56 Å². The average Bonchev–Trinajstić information content (AvgIpc) is 3.10. The highest BCUT2D eigenvalue weighted by atomic mass is 32.1. The van der Waals surface area contributed by atoms with E-state index in [4.69, 9.17) is 12.2 Å². The van der Waals surface area contributed by atoms with E-state index in [1.807, 2.05) is 17.8 Å². The molecule has 0 saturated heterocycles. The van der Waals surface area contributed by atoms with E-state index < -0.39 is 0 Å². The molecule has 1 atom stereocenters. The van der Waals surface area contributed by atoms with Gasteiger partial charge in [-0.2, -0.15) is 5.10 Å². The SMILES string of the molecule is CCn1cc(Cn2c(=S)[nH]c3sc4c(c3c2=O)CCC(C)C4)c(C)n1. The van der Waals surface area contributed by atoms with E-state index >= 15 is 0 Å². The summed E-state index contributed by atoms with van der Waals surface area (Å²) in [4.78, 5) is 18.8. The first-order chi connectivity index (χ1) is 12.0. The molecule has 1 aliphatic rings. The molecular weight excluding hydrogens is 352 g/mol. The number of aromatic amines is 1. The van der Waals surface area contributed by atoms with Crippen molar-refractivity contribution in [2.24, 2.45) is 5.92 Å². The maximum Gasteiger partial charge on any atom is 0.263 e. The highest BCUT2D eigenvalue weighted by Gasteiger charge is 2.23. The Labute approximate surface area is 155 Å². The molecule has 7 heteroatoms. The molecule has 3 aromatic rings. The molecule has 0 aliphatic heterocycles. The fraction of sp³-hybridized carbons (Fsp3) is 0.500. The average molecular weight is 375 g/mol. The van der Waals surface area contributed by atoms with Gasteiger partial charge in [-0.15, -0.1) is 11.3 Å². The van der Waals surface area contributed by atoms with Crippen molar-refractivity contribution >= 4 is 33.8 Å². The first-order valence-electron chi connectivity index (χ1n) is 8.78. The van der Waals surface area contributed by atoms with Crippen LogP contribution in [0.15, 0.2) is 11.0 Å². The van der Waals surface area contributed by atoms with E-state index in [2.05, 4.69) is 23.9 Å². The summed E-state index contributed by atoms with van der Waals surface area (Å²) in [5, 5.41) is 5.32. The maximum atomic E-state index is 13.2. The summed E-state index contributed by atoms with van der Waals surface area (Å²) in [6, 6.07) is 0. The minimum Gasteiger partial charge on any atom is -0.323 e. The maximum absolute atomic E-state index is 13.2. The summed E-state index contributed by atoms with van der Waals surface area (Å²) in [5.41, 5.74) is 3.27. The third-order valence-electron chi connectivity index (χ3n) is 5.14. The Morgan fingerprint density at radius 1 is 1.48 bits per heavy atom. The first-order valence-corrected chi connectivity index (χ1v) is 10.0. The second-order valence-corrected chi connectivity index (χ2v) is 8.46. The molecule has 1 aliphatic carbocycles. The van der Waals surface area contributed by atoms with E-state index in [9.17, 15) is 4.79 Å². The molecular formula is C18H22N4OS2. The highest BCUT2D eigenvalue weighted by molar-refractivity contribution is 7.71. The van der Waals surface area contributed by atoms with Crippen molar-refractivity contribution in [3.8, 4) is 0 Å². The zero-order valence-electron chi connectivity index (χ0n) is 14.8. The number of nitrogens with zero attached hydrogens (tertiary/aromatic N) is 3. The van der Waals surface area contributed by atoms with Gasteiger partial charge in [-0.25, -0.2) is 0 Å². The molecule has 132 valence electrons. The summed E-state index contributed by atoms with van der Waals surface area (Å²) in [6.45, 7) is 7.60. The molecule has 0 bridgehead atoms. The number of thiophene rings is 1. The minimum absolute atomic E-state index is 0.0365. The van der Waals surface area contributed by atoms with Crippen molar-refractivity contribution in [3.05, 3.63) is 43.0 Å². The van der Waals surface area contributed by atoms with Crippen LogP contribution in [0.25, 0.3) is 10.2 Å². The van der Waals surface area contributed by atoms with Crippen molar-refractivity contribution < 1.29 is 0 Å². The van der Waals surface area contributed by atoms with Crippen molar-refractivity contribution in [2.75, 3.05) is 0 Å². The van der Waals surface area contributed by atoms with Gasteiger partial charge in [0.25, 0.3) is 5.56 Å². The van der Waals surface area contributed by atoms with Gasteiger partial charge in [-0.3, -0.25) is 14.0 Å². The van der Waals surface area contributed by atoms with Crippen LogP contribution in [0.5, 0.6) is 0 Å². The molecule has 3 heterocycles. The van der Waals surface area contributed by atoms with Gasteiger partial charge in [0.15, 0.2) is 4.77 Å². The molecule has 1 unspecified atom stereocenters. The lowest BCUT2D eigenvalue weighted by atomic mass is 9.89. The Morgan fingerprint density at radius 2 is 2.28 bits per heavy atom. The monoisotopic (exact) mass is 374 g/mol. The molecule has 4 rings (SSSR count). The number of hydrogen-bond donors (Lipinski definition) is 1. The van der Waals surface area contributed by atoms with E-state index in [0.29, 0.717) is 17.2 Å². The number of aryl methyl sites for hydroxylation is 3. The van der Waals surface area contributed by atoms with Crippen LogP contribution >= 0.6 is 23.6 Å². The highest BCUT2D eigenvalue weighted by Crippen LogP contribution is 2.35. The first kappa shape index (κ1) is 16.7. The van der Waals surface area contributed by atoms with Gasteiger partial charge in [-0.1, -0.05) is 6.92 Å². The van der Waals surface area contributed by atoms with Gasteiger partial charge in [0.05, 0.1) is 17.6 Å². The molecule has 0 spiro atoms. The number of rotatable bonds is 3. The Kier molecular flexibility index (Phi) is 4.16. The summed E-state index contributed by atoms with van der Waals surface area (Å²) in [5.74, 6) is 0.688. The zero-order valence-corrected chi connectivity index (χ0v) is 16.4. The molecule has 1 N–H and O–H groups in total. The van der Waals surface area contributed by atoms with Crippen LogP contribution in [0.3, 0.4) is 0 Å². The van der Waals surface area contributed by atoms with Crippen LogP contribution < -0.4 is 5.56 Å². The van der Waals surface area contributed by atoms with Crippen molar-refractivity contribution in [3.63, 3.8) is 0 Å².